The highest BCUT2D eigenvalue weighted by Crippen LogP contribution is 2.18. The zero-order valence-electron chi connectivity index (χ0n) is 12.4. The van der Waals surface area contributed by atoms with Crippen molar-refractivity contribution >= 4 is 18.0 Å². The van der Waals surface area contributed by atoms with Crippen LogP contribution in [0.1, 0.15) is 33.6 Å². The second-order valence-corrected chi connectivity index (χ2v) is 6.05. The highest BCUT2D eigenvalue weighted by molar-refractivity contribution is 5.81. The van der Waals surface area contributed by atoms with Gasteiger partial charge in [0.25, 0.3) is 0 Å². The maximum Gasteiger partial charge on any atom is 0.407 e. The summed E-state index contributed by atoms with van der Waals surface area (Å²) >= 11 is 0. The van der Waals surface area contributed by atoms with Gasteiger partial charge in [-0.05, 0) is 33.6 Å². The molecule has 2 unspecified atom stereocenters. The number of hydrogen-bond donors (Lipinski definition) is 4. The van der Waals surface area contributed by atoms with Gasteiger partial charge in [0.05, 0.1) is 6.04 Å². The topological polar surface area (TPSA) is 125 Å². The van der Waals surface area contributed by atoms with E-state index in [4.69, 9.17) is 9.84 Å². The number of carboxylic acids is 1. The molecule has 3 atom stereocenters. The van der Waals surface area contributed by atoms with E-state index in [9.17, 15) is 19.5 Å². The van der Waals surface area contributed by atoms with E-state index < -0.39 is 35.7 Å². The van der Waals surface area contributed by atoms with E-state index >= 15 is 0 Å². The van der Waals surface area contributed by atoms with Crippen LogP contribution in [-0.4, -0.2) is 52.5 Å². The molecule has 0 bridgehead atoms. The van der Waals surface area contributed by atoms with Crippen LogP contribution in [-0.2, 0) is 14.3 Å². The molecule has 8 heteroatoms. The van der Waals surface area contributed by atoms with Crippen LogP contribution in [0.5, 0.6) is 0 Å². The van der Waals surface area contributed by atoms with E-state index in [1.165, 1.54) is 0 Å². The number of alkyl carbamates (subject to hydrolysis) is 1. The molecule has 1 saturated heterocycles. The summed E-state index contributed by atoms with van der Waals surface area (Å²) in [5, 5.41) is 23.5. The van der Waals surface area contributed by atoms with Crippen molar-refractivity contribution in [2.24, 2.45) is 5.92 Å². The fourth-order valence-electron chi connectivity index (χ4n) is 2.07. The summed E-state index contributed by atoms with van der Waals surface area (Å²) in [7, 11) is 0. The van der Waals surface area contributed by atoms with Crippen LogP contribution in [0.25, 0.3) is 0 Å². The quantitative estimate of drug-likeness (QED) is 0.560. The summed E-state index contributed by atoms with van der Waals surface area (Å²) in [5.74, 6) is -2.10. The minimum absolute atomic E-state index is 0.0402. The van der Waals surface area contributed by atoms with Gasteiger partial charge in [-0.3, -0.25) is 4.79 Å². The maximum atomic E-state index is 11.7. The molecule has 0 aromatic carbocycles. The Balaban J connectivity index is 2.70. The highest BCUT2D eigenvalue weighted by Gasteiger charge is 2.35. The van der Waals surface area contributed by atoms with Crippen molar-refractivity contribution in [3.8, 4) is 0 Å². The molecule has 0 radical (unpaired) electrons. The number of amides is 2. The first-order valence-electron chi connectivity index (χ1n) is 6.78. The van der Waals surface area contributed by atoms with Crippen molar-refractivity contribution in [1.82, 2.24) is 10.6 Å². The van der Waals surface area contributed by atoms with Gasteiger partial charge in [-0.25, -0.2) is 9.59 Å². The molecular formula is C13H22N2O6. The Labute approximate surface area is 122 Å². The van der Waals surface area contributed by atoms with E-state index in [0.717, 1.165) is 0 Å². The number of rotatable bonds is 5. The van der Waals surface area contributed by atoms with E-state index in [-0.39, 0.29) is 12.3 Å². The van der Waals surface area contributed by atoms with Gasteiger partial charge in [-0.15, -0.1) is 0 Å². The Bertz CT molecular complexity index is 417. The Morgan fingerprint density at radius 1 is 1.48 bits per heavy atom. The van der Waals surface area contributed by atoms with Crippen LogP contribution in [0.15, 0.2) is 0 Å². The van der Waals surface area contributed by atoms with Crippen molar-refractivity contribution in [2.75, 3.05) is 6.54 Å². The van der Waals surface area contributed by atoms with E-state index in [2.05, 4.69) is 10.6 Å². The van der Waals surface area contributed by atoms with Gasteiger partial charge < -0.3 is 25.6 Å². The second-order valence-electron chi connectivity index (χ2n) is 6.05. The lowest BCUT2D eigenvalue weighted by molar-refractivity contribution is -0.148. The number of aliphatic hydroxyl groups excluding tert-OH is 1. The number of carbonyl (C=O) groups excluding carboxylic acids is 2. The van der Waals surface area contributed by atoms with Crippen molar-refractivity contribution in [1.29, 1.82) is 0 Å². The maximum absolute atomic E-state index is 11.7. The molecule has 8 nitrogen and oxygen atoms in total. The van der Waals surface area contributed by atoms with Crippen LogP contribution in [0.4, 0.5) is 4.79 Å². The molecule has 1 heterocycles. The number of carbonyl (C=O) groups is 3. The van der Waals surface area contributed by atoms with Crippen LogP contribution in [0.3, 0.4) is 0 Å². The lowest BCUT2D eigenvalue weighted by Crippen LogP contribution is -2.49. The molecule has 120 valence electrons. The van der Waals surface area contributed by atoms with E-state index in [0.29, 0.717) is 13.0 Å². The third kappa shape index (κ3) is 5.58. The van der Waals surface area contributed by atoms with Gasteiger partial charge in [0, 0.05) is 12.5 Å². The molecule has 1 rings (SSSR count). The highest BCUT2D eigenvalue weighted by atomic mass is 16.6. The van der Waals surface area contributed by atoms with Gasteiger partial charge in [-0.1, -0.05) is 0 Å². The second kappa shape index (κ2) is 6.75. The fourth-order valence-corrected chi connectivity index (χ4v) is 2.07. The fraction of sp³-hybridized carbons (Fsp3) is 0.769. The van der Waals surface area contributed by atoms with Gasteiger partial charge in [0.15, 0.2) is 6.10 Å². The van der Waals surface area contributed by atoms with Gasteiger partial charge >= 0.3 is 12.1 Å². The average molecular weight is 302 g/mol. The number of nitrogens with one attached hydrogen (secondary N) is 2. The largest absolute Gasteiger partial charge is 0.479 e. The SMILES string of the molecule is CC(C)(C)OC(=O)NC(C[C@@H]1CCNC1=O)C(O)C(=O)O. The van der Waals surface area contributed by atoms with Crippen molar-refractivity contribution in [3.05, 3.63) is 0 Å². The molecule has 0 aromatic rings. The lowest BCUT2D eigenvalue weighted by atomic mass is 9.95. The smallest absolute Gasteiger partial charge is 0.407 e. The molecule has 1 fully saturated rings. The standard InChI is InChI=1S/C13H22N2O6/c1-13(2,3)21-12(20)15-8(9(16)11(18)19)6-7-4-5-14-10(7)17/h7-9,16H,4-6H2,1-3H3,(H,14,17)(H,15,20)(H,18,19)/t7-,8?,9?/m0/s1. The lowest BCUT2D eigenvalue weighted by Gasteiger charge is -2.26. The third-order valence-corrected chi connectivity index (χ3v) is 3.04. The molecule has 0 aromatic heterocycles. The van der Waals surface area contributed by atoms with Crippen LogP contribution >= 0.6 is 0 Å². The Morgan fingerprint density at radius 3 is 2.52 bits per heavy atom. The number of hydrogen-bond acceptors (Lipinski definition) is 5. The summed E-state index contributed by atoms with van der Waals surface area (Å²) in [4.78, 5) is 34.2. The summed E-state index contributed by atoms with van der Waals surface area (Å²) in [6, 6.07) is -1.09. The number of aliphatic carboxylic acids is 1. The minimum atomic E-state index is -1.80. The number of aliphatic hydroxyl groups is 1. The first kappa shape index (κ1) is 17.2. The average Bonchev–Trinajstić information content (AvgIpc) is 2.70. The molecule has 2 amide bonds. The predicted molar refractivity (Wildman–Crippen MR) is 72.5 cm³/mol. The molecule has 1 aliphatic rings. The zero-order valence-corrected chi connectivity index (χ0v) is 12.4. The Kier molecular flexibility index (Phi) is 5.54. The summed E-state index contributed by atoms with van der Waals surface area (Å²) in [6.07, 6.45) is -2.05. The first-order valence-corrected chi connectivity index (χ1v) is 6.78. The van der Waals surface area contributed by atoms with Gasteiger partial charge in [0.2, 0.25) is 5.91 Å². The summed E-state index contributed by atoms with van der Waals surface area (Å²) in [5.41, 5.74) is -0.743. The predicted octanol–water partition coefficient (Wildman–Crippen LogP) is -0.149. The molecular weight excluding hydrogens is 280 g/mol. The molecule has 1 aliphatic heterocycles. The van der Waals surface area contributed by atoms with Crippen molar-refractivity contribution in [2.45, 2.75) is 51.4 Å². The van der Waals surface area contributed by atoms with Crippen molar-refractivity contribution < 1.29 is 29.3 Å². The van der Waals surface area contributed by atoms with Crippen molar-refractivity contribution in [3.63, 3.8) is 0 Å². The zero-order chi connectivity index (χ0) is 16.2. The van der Waals surface area contributed by atoms with Crippen LogP contribution in [0.2, 0.25) is 0 Å². The summed E-state index contributed by atoms with van der Waals surface area (Å²) in [6.45, 7) is 5.50. The van der Waals surface area contributed by atoms with E-state index in [1.54, 1.807) is 20.8 Å². The molecule has 4 N–H and O–H groups in total. The normalized spacial score (nSPS) is 21.3. The number of carboxylic acid groups (broad SMARTS) is 1. The Morgan fingerprint density at radius 2 is 2.10 bits per heavy atom. The van der Waals surface area contributed by atoms with Gasteiger partial charge in [0.1, 0.15) is 5.60 Å². The summed E-state index contributed by atoms with van der Waals surface area (Å²) < 4.78 is 5.03. The minimum Gasteiger partial charge on any atom is -0.479 e. The van der Waals surface area contributed by atoms with Gasteiger partial charge in [-0.2, -0.15) is 0 Å². The Hall–Kier alpha value is -1.83. The first-order chi connectivity index (χ1) is 9.60. The third-order valence-electron chi connectivity index (χ3n) is 3.04. The molecule has 21 heavy (non-hydrogen) atoms. The molecule has 0 spiro atoms. The van der Waals surface area contributed by atoms with E-state index in [1.807, 2.05) is 0 Å². The monoisotopic (exact) mass is 302 g/mol. The van der Waals surface area contributed by atoms with Crippen LogP contribution in [0, 0.1) is 5.92 Å². The molecule has 0 saturated carbocycles. The number of ether oxygens (including phenoxy) is 1. The molecule has 0 aliphatic carbocycles. The van der Waals surface area contributed by atoms with Crippen LogP contribution < -0.4 is 10.6 Å².